The van der Waals surface area contributed by atoms with E-state index in [4.69, 9.17) is 34.8 Å². The van der Waals surface area contributed by atoms with Gasteiger partial charge in [-0.15, -0.1) is 10.2 Å². The van der Waals surface area contributed by atoms with Crippen molar-refractivity contribution in [2.75, 3.05) is 15.8 Å². The van der Waals surface area contributed by atoms with Gasteiger partial charge >= 0.3 is 0 Å². The lowest BCUT2D eigenvalue weighted by Crippen LogP contribution is -2.15. The van der Waals surface area contributed by atoms with Crippen LogP contribution in [0.1, 0.15) is 12.5 Å². The third kappa shape index (κ3) is 6.65. The van der Waals surface area contributed by atoms with E-state index in [1.807, 2.05) is 0 Å². The van der Waals surface area contributed by atoms with Crippen molar-refractivity contribution in [1.82, 2.24) is 10.2 Å². The SMILES string of the molecule is CC(=O)Nc1ccc(-c2nnc(NS(=O)(=O)CC=Cc3c(Cl)cc(Cl)cc3Cl)s2)cc1. The highest BCUT2D eigenvalue weighted by atomic mass is 35.5. The van der Waals surface area contributed by atoms with Gasteiger partial charge < -0.3 is 5.32 Å². The molecule has 1 aromatic heterocycles. The lowest BCUT2D eigenvalue weighted by molar-refractivity contribution is -0.114. The van der Waals surface area contributed by atoms with Gasteiger partial charge in [-0.3, -0.25) is 9.52 Å². The molecule has 0 aliphatic heterocycles. The van der Waals surface area contributed by atoms with Crippen molar-refractivity contribution in [3.63, 3.8) is 0 Å². The molecule has 0 aliphatic rings. The Morgan fingerprint density at radius 3 is 2.35 bits per heavy atom. The molecule has 0 unspecified atom stereocenters. The number of nitrogens with one attached hydrogen (secondary N) is 2. The van der Waals surface area contributed by atoms with Gasteiger partial charge in [0.2, 0.25) is 21.1 Å². The van der Waals surface area contributed by atoms with Crippen molar-refractivity contribution in [3.8, 4) is 10.6 Å². The normalized spacial score (nSPS) is 11.6. The summed E-state index contributed by atoms with van der Waals surface area (Å²) in [6.07, 6.45) is 2.94. The largest absolute Gasteiger partial charge is 0.326 e. The molecule has 1 amide bonds. The first-order valence-corrected chi connectivity index (χ1v) is 12.3. The fraction of sp³-hybridized carbons (Fsp3) is 0.105. The Hall–Kier alpha value is -2.17. The molecule has 3 aromatic rings. The first-order chi connectivity index (χ1) is 14.6. The molecular weight excluding hydrogens is 503 g/mol. The Labute approximate surface area is 198 Å². The van der Waals surface area contributed by atoms with Crippen LogP contribution in [-0.4, -0.2) is 30.3 Å². The molecule has 0 aliphatic carbocycles. The number of halogens is 3. The predicted octanol–water partition coefficient (Wildman–Crippen LogP) is 5.58. The number of amides is 1. The van der Waals surface area contributed by atoms with Gasteiger partial charge in [0.15, 0.2) is 0 Å². The summed E-state index contributed by atoms with van der Waals surface area (Å²) >= 11 is 19.1. The minimum Gasteiger partial charge on any atom is -0.326 e. The predicted molar refractivity (Wildman–Crippen MR) is 128 cm³/mol. The van der Waals surface area contributed by atoms with Crippen LogP contribution in [0.15, 0.2) is 42.5 Å². The minimum atomic E-state index is -3.72. The van der Waals surface area contributed by atoms with Crippen molar-refractivity contribution >= 4 is 79.0 Å². The zero-order chi connectivity index (χ0) is 22.6. The van der Waals surface area contributed by atoms with Gasteiger partial charge in [0, 0.05) is 28.8 Å². The van der Waals surface area contributed by atoms with Gasteiger partial charge in [-0.2, -0.15) is 0 Å². The van der Waals surface area contributed by atoms with E-state index in [1.54, 1.807) is 24.3 Å². The zero-order valence-corrected chi connectivity index (χ0v) is 19.8. The average molecular weight is 518 g/mol. The molecule has 0 bridgehead atoms. The minimum absolute atomic E-state index is 0.136. The zero-order valence-electron chi connectivity index (χ0n) is 15.9. The topological polar surface area (TPSA) is 101 Å². The standard InChI is InChI=1S/C19H15Cl3N4O3S2/c1-11(27)23-14-6-4-12(5-7-14)18-24-25-19(30-18)26-31(28,29)8-2-3-15-16(21)9-13(20)10-17(15)22/h2-7,9-10H,8H2,1H3,(H,23,27)(H,25,26). The van der Waals surface area contributed by atoms with Gasteiger partial charge in [0.25, 0.3) is 0 Å². The van der Waals surface area contributed by atoms with Gasteiger partial charge in [0.05, 0.1) is 15.8 Å². The van der Waals surface area contributed by atoms with Crippen LogP contribution >= 0.6 is 46.1 Å². The maximum Gasteiger partial charge on any atom is 0.238 e. The summed E-state index contributed by atoms with van der Waals surface area (Å²) in [6.45, 7) is 1.42. The molecule has 2 aromatic carbocycles. The van der Waals surface area contributed by atoms with E-state index in [9.17, 15) is 13.2 Å². The van der Waals surface area contributed by atoms with Crippen LogP contribution in [0.5, 0.6) is 0 Å². The number of hydrogen-bond acceptors (Lipinski definition) is 6. The highest BCUT2D eigenvalue weighted by Gasteiger charge is 2.14. The molecule has 0 saturated carbocycles. The van der Waals surface area contributed by atoms with E-state index in [0.717, 1.165) is 16.9 Å². The molecule has 3 rings (SSSR count). The molecule has 0 radical (unpaired) electrons. The number of nitrogens with zero attached hydrogens (tertiary/aromatic N) is 2. The number of anilines is 2. The maximum atomic E-state index is 12.4. The number of rotatable bonds is 7. The Morgan fingerprint density at radius 2 is 1.74 bits per heavy atom. The van der Waals surface area contributed by atoms with Crippen molar-refractivity contribution in [2.45, 2.75) is 6.92 Å². The lowest BCUT2D eigenvalue weighted by Gasteiger charge is -2.04. The molecule has 1 heterocycles. The molecule has 7 nitrogen and oxygen atoms in total. The molecule has 2 N–H and O–H groups in total. The fourth-order valence-electron chi connectivity index (χ4n) is 2.46. The fourth-order valence-corrected chi connectivity index (χ4v) is 5.29. The number of benzene rings is 2. The summed E-state index contributed by atoms with van der Waals surface area (Å²) in [5, 5.41) is 12.2. The average Bonchev–Trinajstić information content (AvgIpc) is 3.11. The highest BCUT2D eigenvalue weighted by Crippen LogP contribution is 2.30. The monoisotopic (exact) mass is 516 g/mol. The number of carbonyl (C=O) groups is 1. The van der Waals surface area contributed by atoms with Crippen LogP contribution in [0.3, 0.4) is 0 Å². The summed E-state index contributed by atoms with van der Waals surface area (Å²) in [4.78, 5) is 11.1. The first-order valence-electron chi connectivity index (χ1n) is 8.66. The molecule has 0 spiro atoms. The molecule has 12 heteroatoms. The van der Waals surface area contributed by atoms with E-state index >= 15 is 0 Å². The lowest BCUT2D eigenvalue weighted by atomic mass is 10.2. The Kier molecular flexibility index (Phi) is 7.55. The van der Waals surface area contributed by atoms with E-state index in [1.165, 1.54) is 31.2 Å². The van der Waals surface area contributed by atoms with Crippen molar-refractivity contribution in [2.24, 2.45) is 0 Å². The van der Waals surface area contributed by atoms with Crippen molar-refractivity contribution in [1.29, 1.82) is 0 Å². The van der Waals surface area contributed by atoms with E-state index in [0.29, 0.717) is 31.3 Å². The van der Waals surface area contributed by atoms with Crippen molar-refractivity contribution < 1.29 is 13.2 Å². The second-order valence-corrected chi connectivity index (χ2v) is 10.2. The summed E-state index contributed by atoms with van der Waals surface area (Å²) < 4.78 is 27.1. The first kappa shape index (κ1) is 23.5. The van der Waals surface area contributed by atoms with E-state index in [-0.39, 0.29) is 16.8 Å². The van der Waals surface area contributed by atoms with Crippen LogP contribution in [-0.2, 0) is 14.8 Å². The Morgan fingerprint density at radius 1 is 1.10 bits per heavy atom. The second kappa shape index (κ2) is 9.97. The van der Waals surface area contributed by atoms with Gasteiger partial charge in [0.1, 0.15) is 5.01 Å². The van der Waals surface area contributed by atoms with Crippen LogP contribution < -0.4 is 10.0 Å². The number of carbonyl (C=O) groups excluding carboxylic acids is 1. The third-order valence-corrected chi connectivity index (χ3v) is 6.76. The summed E-state index contributed by atoms with van der Waals surface area (Å²) in [5.74, 6) is -0.488. The van der Waals surface area contributed by atoms with Gasteiger partial charge in [-0.1, -0.05) is 58.3 Å². The molecule has 0 fully saturated rings. The summed E-state index contributed by atoms with van der Waals surface area (Å²) in [7, 11) is -3.72. The van der Waals surface area contributed by atoms with E-state index in [2.05, 4.69) is 20.2 Å². The Bertz CT molecular complexity index is 1220. The van der Waals surface area contributed by atoms with Crippen LogP contribution in [0, 0.1) is 0 Å². The molecule has 31 heavy (non-hydrogen) atoms. The maximum absolute atomic E-state index is 12.4. The molecule has 0 atom stereocenters. The van der Waals surface area contributed by atoms with Crippen molar-refractivity contribution in [3.05, 3.63) is 63.1 Å². The number of sulfonamides is 1. The van der Waals surface area contributed by atoms with Crippen LogP contribution in [0.4, 0.5) is 10.8 Å². The number of aromatic nitrogens is 2. The Balaban J connectivity index is 1.66. The summed E-state index contributed by atoms with van der Waals surface area (Å²) in [6, 6.07) is 10.00. The van der Waals surface area contributed by atoms with Crippen LogP contribution in [0.2, 0.25) is 15.1 Å². The quantitative estimate of drug-likeness (QED) is 0.426. The smallest absolute Gasteiger partial charge is 0.238 e. The second-order valence-electron chi connectivity index (χ2n) is 6.24. The third-order valence-electron chi connectivity index (χ3n) is 3.76. The summed E-state index contributed by atoms with van der Waals surface area (Å²) in [5.41, 5.74) is 1.86. The molecule has 162 valence electrons. The van der Waals surface area contributed by atoms with Gasteiger partial charge in [-0.25, -0.2) is 8.42 Å². The van der Waals surface area contributed by atoms with E-state index < -0.39 is 10.0 Å². The highest BCUT2D eigenvalue weighted by molar-refractivity contribution is 7.93. The molecular formula is C19H15Cl3N4O3S2. The number of hydrogen-bond donors (Lipinski definition) is 2. The molecule has 0 saturated heterocycles. The van der Waals surface area contributed by atoms with Gasteiger partial charge in [-0.05, 0) is 36.4 Å². The van der Waals surface area contributed by atoms with Crippen LogP contribution in [0.25, 0.3) is 16.6 Å².